The van der Waals surface area contributed by atoms with Gasteiger partial charge in [0, 0.05) is 4.91 Å². The summed E-state index contributed by atoms with van der Waals surface area (Å²) in [6, 6.07) is 8.16. The zero-order valence-electron chi connectivity index (χ0n) is 10.2. The zero-order valence-corrected chi connectivity index (χ0v) is 11.8. The Morgan fingerprint density at radius 1 is 1.33 bits per heavy atom. The number of phenolic OH excluding ortho intramolecular Hbond substituents is 1. The van der Waals surface area contributed by atoms with Crippen LogP contribution in [0.5, 0.6) is 5.75 Å². The number of aromatic nitrogens is 1. The molecule has 0 atom stereocenters. The van der Waals surface area contributed by atoms with Crippen molar-refractivity contribution in [3.63, 3.8) is 0 Å². The van der Waals surface area contributed by atoms with Gasteiger partial charge in [-0.1, -0.05) is 35.3 Å². The number of phenols is 1. The number of nitriles is 1. The summed E-state index contributed by atoms with van der Waals surface area (Å²) in [6.07, 6.45) is 0. The first-order chi connectivity index (χ1) is 10.1. The van der Waals surface area contributed by atoms with Crippen LogP contribution in [0.2, 0.25) is 10.0 Å². The Morgan fingerprint density at radius 3 is 2.67 bits per heavy atom. The smallest absolute Gasteiger partial charge is 0.151 e. The van der Waals surface area contributed by atoms with Crippen molar-refractivity contribution in [2.75, 3.05) is 5.32 Å². The quantitative estimate of drug-likeness (QED) is 0.370. The van der Waals surface area contributed by atoms with Crippen LogP contribution in [0.25, 0.3) is 10.4 Å². The van der Waals surface area contributed by atoms with E-state index in [-0.39, 0.29) is 33.0 Å². The molecule has 1 aromatic heterocycles. The van der Waals surface area contributed by atoms with Crippen LogP contribution in [0.3, 0.4) is 0 Å². The number of nitrogens with zero attached hydrogens (tertiary/aromatic N) is 5. The number of rotatable bonds is 3. The van der Waals surface area contributed by atoms with Crippen molar-refractivity contribution in [2.24, 2.45) is 5.11 Å². The average Bonchev–Trinajstić information content (AvgIpc) is 2.47. The molecule has 1 aromatic carbocycles. The lowest BCUT2D eigenvalue weighted by Gasteiger charge is -2.11. The summed E-state index contributed by atoms with van der Waals surface area (Å²) in [5.41, 5.74) is 8.71. The van der Waals surface area contributed by atoms with Crippen molar-refractivity contribution < 1.29 is 5.11 Å². The Bertz CT molecular complexity index is 795. The predicted octanol–water partition coefficient (Wildman–Crippen LogP) is 4.65. The minimum Gasteiger partial charge on any atom is -0.506 e. The van der Waals surface area contributed by atoms with Gasteiger partial charge in [0.2, 0.25) is 0 Å². The van der Waals surface area contributed by atoms with E-state index in [2.05, 4.69) is 20.3 Å². The number of aromatic hydroxyl groups is 1. The molecule has 0 aliphatic heterocycles. The van der Waals surface area contributed by atoms with Crippen LogP contribution in [-0.2, 0) is 0 Å². The summed E-state index contributed by atoms with van der Waals surface area (Å²) < 4.78 is 0. The largest absolute Gasteiger partial charge is 0.506 e. The van der Waals surface area contributed by atoms with Crippen molar-refractivity contribution >= 4 is 40.5 Å². The minimum absolute atomic E-state index is 0.0200. The monoisotopic (exact) mass is 320 g/mol. The summed E-state index contributed by atoms with van der Waals surface area (Å²) in [7, 11) is 0. The van der Waals surface area contributed by atoms with Gasteiger partial charge in [-0.2, -0.15) is 5.26 Å². The van der Waals surface area contributed by atoms with Gasteiger partial charge in [-0.25, -0.2) is 4.98 Å². The maximum Gasteiger partial charge on any atom is 0.151 e. The van der Waals surface area contributed by atoms with Gasteiger partial charge in [0.25, 0.3) is 0 Å². The molecule has 0 unspecified atom stereocenters. The van der Waals surface area contributed by atoms with E-state index >= 15 is 0 Å². The Morgan fingerprint density at radius 2 is 2.05 bits per heavy atom. The minimum atomic E-state index is -0.202. The molecular weight excluding hydrogens is 315 g/mol. The normalized spacial score (nSPS) is 9.57. The molecule has 7 nitrogen and oxygen atoms in total. The summed E-state index contributed by atoms with van der Waals surface area (Å²) in [5.74, 6) is -0.168. The number of anilines is 2. The lowest BCUT2D eigenvalue weighted by Crippen LogP contribution is -1.97. The first-order valence-corrected chi connectivity index (χ1v) is 6.23. The van der Waals surface area contributed by atoms with Crippen LogP contribution >= 0.6 is 23.2 Å². The van der Waals surface area contributed by atoms with E-state index in [4.69, 9.17) is 34.0 Å². The van der Waals surface area contributed by atoms with Gasteiger partial charge in [-0.15, -0.1) is 0 Å². The maximum atomic E-state index is 9.70. The Balaban J connectivity index is 2.58. The summed E-state index contributed by atoms with van der Waals surface area (Å²) in [5, 5.41) is 24.7. The predicted molar refractivity (Wildman–Crippen MR) is 79.2 cm³/mol. The number of hydrogen-bond donors (Lipinski definition) is 2. The standard InChI is InChI=1S/C12H6Cl2N6O/c13-9-6(5-15)11(19-20-16)18-12(10(9)14)17-7-3-1-2-4-8(7)21/h1-4,21H,(H,17,18). The first-order valence-electron chi connectivity index (χ1n) is 5.47. The molecule has 0 saturated carbocycles. The van der Waals surface area contributed by atoms with E-state index in [1.165, 1.54) is 6.07 Å². The number of para-hydroxylation sites is 2. The van der Waals surface area contributed by atoms with Gasteiger partial charge >= 0.3 is 0 Å². The number of nitrogens with one attached hydrogen (secondary N) is 1. The second-order valence-electron chi connectivity index (χ2n) is 3.73. The van der Waals surface area contributed by atoms with Gasteiger partial charge in [-0.05, 0) is 22.8 Å². The van der Waals surface area contributed by atoms with Crippen LogP contribution in [0.4, 0.5) is 17.3 Å². The van der Waals surface area contributed by atoms with Gasteiger partial charge in [0.05, 0.1) is 10.7 Å². The second-order valence-corrected chi connectivity index (χ2v) is 4.49. The number of pyridine rings is 1. The molecule has 1 heterocycles. The highest BCUT2D eigenvalue weighted by Crippen LogP contribution is 2.38. The summed E-state index contributed by atoms with van der Waals surface area (Å²) in [4.78, 5) is 6.53. The van der Waals surface area contributed by atoms with Crippen molar-refractivity contribution in [1.82, 2.24) is 4.98 Å². The third-order valence-electron chi connectivity index (χ3n) is 2.47. The second kappa shape index (κ2) is 6.20. The molecule has 0 bridgehead atoms. The molecule has 9 heteroatoms. The number of hydrogen-bond acceptors (Lipinski definition) is 5. The van der Waals surface area contributed by atoms with E-state index in [0.29, 0.717) is 5.69 Å². The highest BCUT2D eigenvalue weighted by Gasteiger charge is 2.17. The van der Waals surface area contributed by atoms with E-state index < -0.39 is 0 Å². The lowest BCUT2D eigenvalue weighted by atomic mass is 10.2. The van der Waals surface area contributed by atoms with Crippen molar-refractivity contribution in [3.8, 4) is 11.8 Å². The Hall–Kier alpha value is -2.65. The molecular formula is C12H6Cl2N6O. The summed E-state index contributed by atoms with van der Waals surface area (Å²) >= 11 is 12.0. The van der Waals surface area contributed by atoms with Crippen LogP contribution < -0.4 is 5.32 Å². The first kappa shape index (κ1) is 14.8. The van der Waals surface area contributed by atoms with Gasteiger partial charge in [-0.3, -0.25) is 0 Å². The zero-order chi connectivity index (χ0) is 15.4. The van der Waals surface area contributed by atoms with Crippen molar-refractivity contribution in [1.29, 1.82) is 5.26 Å². The van der Waals surface area contributed by atoms with E-state index in [1.54, 1.807) is 24.3 Å². The van der Waals surface area contributed by atoms with E-state index in [1.807, 2.05) is 0 Å². The lowest BCUT2D eigenvalue weighted by molar-refractivity contribution is 0.477. The highest BCUT2D eigenvalue weighted by molar-refractivity contribution is 6.44. The molecule has 0 fully saturated rings. The van der Waals surface area contributed by atoms with Crippen LogP contribution in [-0.4, -0.2) is 10.1 Å². The molecule has 0 radical (unpaired) electrons. The Kier molecular flexibility index (Phi) is 4.36. The number of benzene rings is 1. The average molecular weight is 321 g/mol. The van der Waals surface area contributed by atoms with Crippen LogP contribution in [0.1, 0.15) is 5.56 Å². The molecule has 0 aliphatic carbocycles. The van der Waals surface area contributed by atoms with Crippen molar-refractivity contribution in [2.45, 2.75) is 0 Å². The van der Waals surface area contributed by atoms with E-state index in [9.17, 15) is 5.11 Å². The van der Waals surface area contributed by atoms with Gasteiger partial charge in [0.15, 0.2) is 5.82 Å². The highest BCUT2D eigenvalue weighted by atomic mass is 35.5. The number of halogens is 2. The third-order valence-corrected chi connectivity index (χ3v) is 3.31. The SMILES string of the molecule is N#Cc1c(N=[N+]=[N-])nc(Nc2ccccc2O)c(Cl)c1Cl. The molecule has 21 heavy (non-hydrogen) atoms. The molecule has 2 rings (SSSR count). The van der Waals surface area contributed by atoms with E-state index in [0.717, 1.165) is 0 Å². The molecule has 0 aliphatic rings. The third kappa shape index (κ3) is 2.93. The molecule has 0 saturated heterocycles. The molecule has 104 valence electrons. The maximum absolute atomic E-state index is 9.70. The van der Waals surface area contributed by atoms with Crippen LogP contribution in [0, 0.1) is 11.3 Å². The molecule has 0 spiro atoms. The molecule has 0 amide bonds. The summed E-state index contributed by atoms with van der Waals surface area (Å²) in [6.45, 7) is 0. The van der Waals surface area contributed by atoms with Crippen LogP contribution in [0.15, 0.2) is 29.4 Å². The topological polar surface area (TPSA) is 118 Å². The van der Waals surface area contributed by atoms with Gasteiger partial charge in [0.1, 0.15) is 28.2 Å². The fraction of sp³-hybridized carbons (Fsp3) is 0. The fourth-order valence-corrected chi connectivity index (χ4v) is 1.93. The Labute approximate surface area is 129 Å². The van der Waals surface area contributed by atoms with Gasteiger partial charge < -0.3 is 10.4 Å². The molecule has 2 aromatic rings. The molecule has 2 N–H and O–H groups in total. The fourth-order valence-electron chi connectivity index (χ4n) is 1.53. The van der Waals surface area contributed by atoms with Crippen molar-refractivity contribution in [3.05, 3.63) is 50.3 Å². The number of azide groups is 1.